The van der Waals surface area contributed by atoms with E-state index in [4.69, 9.17) is 0 Å². The van der Waals surface area contributed by atoms with Crippen molar-refractivity contribution in [3.63, 3.8) is 0 Å². The van der Waals surface area contributed by atoms with Crippen LogP contribution in [0.1, 0.15) is 23.1 Å². The van der Waals surface area contributed by atoms with Crippen LogP contribution < -0.4 is 0 Å². The number of carbonyl (C=O) groups is 1. The fourth-order valence-corrected chi connectivity index (χ4v) is 2.34. The Balaban J connectivity index is 2.11. The molecular formula is C15H19NO. The molecule has 1 fully saturated rings. The van der Waals surface area contributed by atoms with Gasteiger partial charge in [-0.1, -0.05) is 29.8 Å². The zero-order chi connectivity index (χ0) is 12.4. The summed E-state index contributed by atoms with van der Waals surface area (Å²) in [5, 5.41) is 0. The number of nitrogens with zero attached hydrogens (tertiary/aromatic N) is 1. The highest BCUT2D eigenvalue weighted by Crippen LogP contribution is 2.22. The van der Waals surface area contributed by atoms with Crippen molar-refractivity contribution in [1.82, 2.24) is 4.90 Å². The maximum Gasteiger partial charge on any atom is 0.223 e. The van der Waals surface area contributed by atoms with Crippen LogP contribution in [0.15, 0.2) is 30.9 Å². The van der Waals surface area contributed by atoms with Gasteiger partial charge in [0.05, 0.1) is 0 Å². The van der Waals surface area contributed by atoms with Gasteiger partial charge in [0, 0.05) is 25.4 Å². The van der Waals surface area contributed by atoms with Gasteiger partial charge in [-0.25, -0.2) is 0 Å². The van der Waals surface area contributed by atoms with E-state index in [1.54, 1.807) is 0 Å². The van der Waals surface area contributed by atoms with Crippen LogP contribution in [0.25, 0.3) is 0 Å². The maximum atomic E-state index is 11.8. The maximum absolute atomic E-state index is 11.8. The largest absolute Gasteiger partial charge is 0.338 e. The van der Waals surface area contributed by atoms with Crippen molar-refractivity contribution in [3.05, 3.63) is 47.5 Å². The molecule has 0 radical (unpaired) electrons. The van der Waals surface area contributed by atoms with Gasteiger partial charge in [0.25, 0.3) is 0 Å². The number of likely N-dealkylation sites (tertiary alicyclic amines) is 1. The average Bonchev–Trinajstić information content (AvgIpc) is 2.64. The van der Waals surface area contributed by atoms with E-state index in [1.807, 2.05) is 11.0 Å². The van der Waals surface area contributed by atoms with Crippen molar-refractivity contribution < 1.29 is 4.79 Å². The smallest absolute Gasteiger partial charge is 0.223 e. The topological polar surface area (TPSA) is 20.3 Å². The Kier molecular flexibility index (Phi) is 3.32. The van der Waals surface area contributed by atoms with Gasteiger partial charge < -0.3 is 4.90 Å². The molecule has 0 aliphatic carbocycles. The number of carbonyl (C=O) groups excluding carboxylic acids is 1. The Morgan fingerprint density at radius 2 is 2.24 bits per heavy atom. The quantitative estimate of drug-likeness (QED) is 0.730. The Hall–Kier alpha value is -1.57. The van der Waals surface area contributed by atoms with Crippen molar-refractivity contribution in [3.8, 4) is 0 Å². The van der Waals surface area contributed by atoms with Crippen molar-refractivity contribution >= 4 is 5.91 Å². The van der Waals surface area contributed by atoms with E-state index in [9.17, 15) is 4.79 Å². The van der Waals surface area contributed by atoms with Crippen LogP contribution in [0.5, 0.6) is 0 Å². The van der Waals surface area contributed by atoms with Crippen LogP contribution in [0.2, 0.25) is 0 Å². The van der Waals surface area contributed by atoms with E-state index in [0.717, 1.165) is 13.1 Å². The SMILES string of the molecule is C=CC1CC(=O)N(Cc2ccc(C)cc2C)C1. The van der Waals surface area contributed by atoms with Crippen LogP contribution >= 0.6 is 0 Å². The minimum Gasteiger partial charge on any atom is -0.338 e. The third kappa shape index (κ3) is 2.57. The van der Waals surface area contributed by atoms with Crippen molar-refractivity contribution in [1.29, 1.82) is 0 Å². The van der Waals surface area contributed by atoms with E-state index in [2.05, 4.69) is 38.6 Å². The van der Waals surface area contributed by atoms with Gasteiger partial charge in [-0.3, -0.25) is 4.79 Å². The van der Waals surface area contributed by atoms with E-state index < -0.39 is 0 Å². The summed E-state index contributed by atoms with van der Waals surface area (Å²) < 4.78 is 0. The molecule has 0 saturated carbocycles. The minimum atomic E-state index is 0.245. The highest BCUT2D eigenvalue weighted by Gasteiger charge is 2.27. The summed E-state index contributed by atoms with van der Waals surface area (Å²) in [6.45, 7) is 9.51. The van der Waals surface area contributed by atoms with Crippen molar-refractivity contribution in [2.24, 2.45) is 5.92 Å². The molecule has 1 aliphatic heterocycles. The minimum absolute atomic E-state index is 0.245. The lowest BCUT2D eigenvalue weighted by molar-refractivity contribution is -0.128. The summed E-state index contributed by atoms with van der Waals surface area (Å²) in [6, 6.07) is 6.40. The fraction of sp³-hybridized carbons (Fsp3) is 0.400. The molecule has 90 valence electrons. The first-order chi connectivity index (χ1) is 8.10. The zero-order valence-corrected chi connectivity index (χ0v) is 10.6. The molecule has 17 heavy (non-hydrogen) atoms. The molecule has 1 aliphatic rings. The number of aryl methyl sites for hydroxylation is 2. The molecule has 0 aromatic heterocycles. The molecule has 2 rings (SSSR count). The summed E-state index contributed by atoms with van der Waals surface area (Å²) >= 11 is 0. The number of hydrogen-bond acceptors (Lipinski definition) is 1. The van der Waals surface area contributed by atoms with Crippen LogP contribution in [0.3, 0.4) is 0 Å². The highest BCUT2D eigenvalue weighted by molar-refractivity contribution is 5.79. The molecule has 1 unspecified atom stereocenters. The van der Waals surface area contributed by atoms with E-state index in [0.29, 0.717) is 12.3 Å². The third-order valence-corrected chi connectivity index (χ3v) is 3.44. The third-order valence-electron chi connectivity index (χ3n) is 3.44. The number of rotatable bonds is 3. The van der Waals surface area contributed by atoms with Crippen LogP contribution in [0.4, 0.5) is 0 Å². The molecule has 1 heterocycles. The molecule has 2 heteroatoms. The van der Waals surface area contributed by atoms with Gasteiger partial charge in [-0.15, -0.1) is 6.58 Å². The van der Waals surface area contributed by atoms with E-state index in [-0.39, 0.29) is 5.91 Å². The fourth-order valence-electron chi connectivity index (χ4n) is 2.34. The van der Waals surface area contributed by atoms with Gasteiger partial charge in [0.1, 0.15) is 0 Å². The van der Waals surface area contributed by atoms with Gasteiger partial charge in [0.15, 0.2) is 0 Å². The van der Waals surface area contributed by atoms with E-state index >= 15 is 0 Å². The van der Waals surface area contributed by atoms with Crippen molar-refractivity contribution in [2.75, 3.05) is 6.54 Å². The average molecular weight is 229 g/mol. The first kappa shape index (κ1) is 11.9. The summed E-state index contributed by atoms with van der Waals surface area (Å²) in [5.74, 6) is 0.572. The monoisotopic (exact) mass is 229 g/mol. The Morgan fingerprint density at radius 1 is 1.47 bits per heavy atom. The Morgan fingerprint density at radius 3 is 2.82 bits per heavy atom. The summed E-state index contributed by atoms with van der Waals surface area (Å²) in [6.07, 6.45) is 2.51. The van der Waals surface area contributed by atoms with Crippen molar-refractivity contribution in [2.45, 2.75) is 26.8 Å². The number of amides is 1. The van der Waals surface area contributed by atoms with Gasteiger partial charge in [0.2, 0.25) is 5.91 Å². The van der Waals surface area contributed by atoms with Gasteiger partial charge in [-0.05, 0) is 25.0 Å². The second-order valence-corrected chi connectivity index (χ2v) is 4.90. The van der Waals surface area contributed by atoms with Crippen LogP contribution in [-0.2, 0) is 11.3 Å². The second-order valence-electron chi connectivity index (χ2n) is 4.90. The number of hydrogen-bond donors (Lipinski definition) is 0. The molecule has 1 atom stereocenters. The zero-order valence-electron chi connectivity index (χ0n) is 10.6. The lowest BCUT2D eigenvalue weighted by Crippen LogP contribution is -2.24. The van der Waals surface area contributed by atoms with Crippen LogP contribution in [0, 0.1) is 19.8 Å². The Labute approximate surface area is 103 Å². The van der Waals surface area contributed by atoms with Gasteiger partial charge in [-0.2, -0.15) is 0 Å². The summed E-state index contributed by atoms with van der Waals surface area (Å²) in [7, 11) is 0. The lowest BCUT2D eigenvalue weighted by Gasteiger charge is -2.17. The molecule has 1 saturated heterocycles. The summed E-state index contributed by atoms with van der Waals surface area (Å²) in [4.78, 5) is 13.7. The summed E-state index contributed by atoms with van der Waals surface area (Å²) in [5.41, 5.74) is 3.77. The molecule has 0 N–H and O–H groups in total. The van der Waals surface area contributed by atoms with Gasteiger partial charge >= 0.3 is 0 Å². The standard InChI is InChI=1S/C15H19NO/c1-4-13-8-15(17)16(9-13)10-14-6-5-11(2)7-12(14)3/h4-7,13H,1,8-10H2,2-3H3. The molecule has 2 nitrogen and oxygen atoms in total. The van der Waals surface area contributed by atoms with E-state index in [1.165, 1.54) is 16.7 Å². The predicted octanol–water partition coefficient (Wildman–Crippen LogP) is 2.84. The molecule has 0 bridgehead atoms. The molecule has 1 amide bonds. The molecule has 1 aromatic carbocycles. The second kappa shape index (κ2) is 4.74. The lowest BCUT2D eigenvalue weighted by atomic mass is 10.1. The Bertz CT molecular complexity index is 450. The van der Waals surface area contributed by atoms with Crippen LogP contribution in [-0.4, -0.2) is 17.4 Å². The predicted molar refractivity (Wildman–Crippen MR) is 69.6 cm³/mol. The first-order valence-electron chi connectivity index (χ1n) is 6.06. The molecule has 0 spiro atoms. The molecule has 1 aromatic rings. The molecular weight excluding hydrogens is 210 g/mol. The first-order valence-corrected chi connectivity index (χ1v) is 6.06. The number of benzene rings is 1. The highest BCUT2D eigenvalue weighted by atomic mass is 16.2. The normalized spacial score (nSPS) is 19.8.